The second kappa shape index (κ2) is 5.39. The number of amides is 1. The first-order valence-corrected chi connectivity index (χ1v) is 6.31. The molecule has 100 valence electrons. The molecule has 1 amide bonds. The van der Waals surface area contributed by atoms with E-state index < -0.39 is 0 Å². The third-order valence-corrected chi connectivity index (χ3v) is 3.26. The lowest BCUT2D eigenvalue weighted by Crippen LogP contribution is -2.39. The van der Waals surface area contributed by atoms with Gasteiger partial charge in [0.15, 0.2) is 0 Å². The van der Waals surface area contributed by atoms with Crippen LogP contribution in [0.4, 0.5) is 5.69 Å². The number of nitrogens with two attached hydrogens (primary N) is 1. The van der Waals surface area contributed by atoms with E-state index in [-0.39, 0.29) is 24.6 Å². The number of rotatable bonds is 4. The molecule has 18 heavy (non-hydrogen) atoms. The summed E-state index contributed by atoms with van der Waals surface area (Å²) in [6.07, 6.45) is 5.43. The number of aromatic nitrogens is 2. The van der Waals surface area contributed by atoms with Crippen LogP contribution in [-0.4, -0.2) is 44.4 Å². The molecule has 6 nitrogen and oxygen atoms in total. The van der Waals surface area contributed by atoms with Gasteiger partial charge >= 0.3 is 0 Å². The Kier molecular flexibility index (Phi) is 3.86. The van der Waals surface area contributed by atoms with Crippen molar-refractivity contribution in [3.63, 3.8) is 0 Å². The molecule has 0 aromatic carbocycles. The van der Waals surface area contributed by atoms with Gasteiger partial charge in [0, 0.05) is 18.8 Å². The molecule has 1 aromatic heterocycles. The van der Waals surface area contributed by atoms with Crippen molar-refractivity contribution in [2.75, 3.05) is 12.3 Å². The Labute approximate surface area is 106 Å². The monoisotopic (exact) mass is 252 g/mol. The molecule has 2 atom stereocenters. The lowest BCUT2D eigenvalue weighted by molar-refractivity contribution is -0.133. The van der Waals surface area contributed by atoms with Gasteiger partial charge in [-0.2, -0.15) is 5.10 Å². The summed E-state index contributed by atoms with van der Waals surface area (Å²) in [7, 11) is 0. The molecule has 6 heteroatoms. The molecule has 0 saturated carbocycles. The summed E-state index contributed by atoms with van der Waals surface area (Å²) in [4.78, 5) is 14.0. The summed E-state index contributed by atoms with van der Waals surface area (Å²) in [5.41, 5.74) is 6.12. The second-order valence-corrected chi connectivity index (χ2v) is 4.94. The zero-order valence-electron chi connectivity index (χ0n) is 10.6. The molecule has 2 heterocycles. The summed E-state index contributed by atoms with van der Waals surface area (Å²) >= 11 is 0. The Hall–Kier alpha value is -1.56. The van der Waals surface area contributed by atoms with Crippen LogP contribution in [-0.2, 0) is 11.3 Å². The van der Waals surface area contributed by atoms with Crippen LogP contribution in [0.3, 0.4) is 0 Å². The molecular weight excluding hydrogens is 232 g/mol. The van der Waals surface area contributed by atoms with Gasteiger partial charge in [0.05, 0.1) is 18.0 Å². The van der Waals surface area contributed by atoms with Crippen molar-refractivity contribution in [1.29, 1.82) is 0 Å². The van der Waals surface area contributed by atoms with Crippen LogP contribution in [0.2, 0.25) is 0 Å². The SMILES string of the molecule is CC(O)CC1CCCN1C(=O)Cn1cc(N)cn1. The molecule has 2 rings (SSSR count). The molecule has 3 N–H and O–H groups in total. The van der Waals surface area contributed by atoms with Gasteiger partial charge in [-0.3, -0.25) is 9.48 Å². The van der Waals surface area contributed by atoms with Crippen molar-refractivity contribution >= 4 is 11.6 Å². The minimum absolute atomic E-state index is 0.0428. The highest BCUT2D eigenvalue weighted by atomic mass is 16.3. The molecule has 0 aliphatic carbocycles. The van der Waals surface area contributed by atoms with Crippen molar-refractivity contribution in [2.45, 2.75) is 44.9 Å². The van der Waals surface area contributed by atoms with Crippen molar-refractivity contribution < 1.29 is 9.90 Å². The first-order valence-electron chi connectivity index (χ1n) is 6.31. The standard InChI is InChI=1S/C12H20N4O2/c1-9(17)5-11-3-2-4-16(11)12(18)8-15-7-10(13)6-14-15/h6-7,9,11,17H,2-5,8,13H2,1H3. The predicted octanol–water partition coefficient (Wildman–Crippen LogP) is 0.227. The highest BCUT2D eigenvalue weighted by Crippen LogP contribution is 2.21. The highest BCUT2D eigenvalue weighted by molar-refractivity contribution is 5.76. The van der Waals surface area contributed by atoms with Crippen molar-refractivity contribution in [3.8, 4) is 0 Å². The molecule has 1 aliphatic heterocycles. The quantitative estimate of drug-likeness (QED) is 0.803. The van der Waals surface area contributed by atoms with E-state index in [1.54, 1.807) is 17.8 Å². The van der Waals surface area contributed by atoms with E-state index in [1.807, 2.05) is 4.90 Å². The van der Waals surface area contributed by atoms with Crippen LogP contribution >= 0.6 is 0 Å². The topological polar surface area (TPSA) is 84.4 Å². The van der Waals surface area contributed by atoms with E-state index in [9.17, 15) is 9.90 Å². The molecule has 0 bridgehead atoms. The lowest BCUT2D eigenvalue weighted by Gasteiger charge is -2.25. The van der Waals surface area contributed by atoms with Crippen LogP contribution in [0.15, 0.2) is 12.4 Å². The summed E-state index contributed by atoms with van der Waals surface area (Å²) in [5, 5.41) is 13.4. The average molecular weight is 252 g/mol. The fourth-order valence-electron chi connectivity index (χ4n) is 2.50. The molecule has 1 saturated heterocycles. The van der Waals surface area contributed by atoms with E-state index in [0.29, 0.717) is 12.1 Å². The van der Waals surface area contributed by atoms with Crippen LogP contribution in [0.1, 0.15) is 26.2 Å². The fraction of sp³-hybridized carbons (Fsp3) is 0.667. The second-order valence-electron chi connectivity index (χ2n) is 4.94. The Morgan fingerprint density at radius 3 is 3.11 bits per heavy atom. The van der Waals surface area contributed by atoms with Crippen LogP contribution in [0, 0.1) is 0 Å². The summed E-state index contributed by atoms with van der Waals surface area (Å²) in [5.74, 6) is 0.0428. The minimum Gasteiger partial charge on any atom is -0.396 e. The first-order chi connectivity index (χ1) is 8.56. The molecule has 1 aliphatic rings. The van der Waals surface area contributed by atoms with E-state index in [1.165, 1.54) is 6.20 Å². The number of carbonyl (C=O) groups excluding carboxylic acids is 1. The summed E-state index contributed by atoms with van der Waals surface area (Å²) in [6.45, 7) is 2.75. The molecule has 1 fully saturated rings. The lowest BCUT2D eigenvalue weighted by atomic mass is 10.1. The van der Waals surface area contributed by atoms with E-state index in [2.05, 4.69) is 5.10 Å². The van der Waals surface area contributed by atoms with Crippen molar-refractivity contribution in [1.82, 2.24) is 14.7 Å². The number of anilines is 1. The largest absolute Gasteiger partial charge is 0.396 e. The maximum absolute atomic E-state index is 12.2. The fourth-order valence-corrected chi connectivity index (χ4v) is 2.50. The highest BCUT2D eigenvalue weighted by Gasteiger charge is 2.29. The van der Waals surface area contributed by atoms with Gasteiger partial charge in [-0.25, -0.2) is 0 Å². The Morgan fingerprint density at radius 2 is 2.50 bits per heavy atom. The number of likely N-dealkylation sites (tertiary alicyclic amines) is 1. The van der Waals surface area contributed by atoms with Gasteiger partial charge in [0.25, 0.3) is 0 Å². The Bertz CT molecular complexity index is 416. The Balaban J connectivity index is 1.95. The van der Waals surface area contributed by atoms with Gasteiger partial charge < -0.3 is 15.7 Å². The molecule has 1 aromatic rings. The number of aliphatic hydroxyl groups is 1. The van der Waals surface area contributed by atoms with Gasteiger partial charge in [0.1, 0.15) is 6.54 Å². The van der Waals surface area contributed by atoms with Crippen LogP contribution in [0.5, 0.6) is 0 Å². The molecule has 0 radical (unpaired) electrons. The first kappa shape index (κ1) is 12.9. The Morgan fingerprint density at radius 1 is 1.72 bits per heavy atom. The number of hydrogen-bond acceptors (Lipinski definition) is 4. The maximum Gasteiger partial charge on any atom is 0.244 e. The van der Waals surface area contributed by atoms with E-state index in [0.717, 1.165) is 19.4 Å². The zero-order valence-corrected chi connectivity index (χ0v) is 10.6. The summed E-state index contributed by atoms with van der Waals surface area (Å²) in [6, 6.07) is 0.158. The normalized spacial score (nSPS) is 21.2. The van der Waals surface area contributed by atoms with Gasteiger partial charge in [-0.15, -0.1) is 0 Å². The van der Waals surface area contributed by atoms with E-state index >= 15 is 0 Å². The number of carbonyl (C=O) groups is 1. The van der Waals surface area contributed by atoms with Gasteiger partial charge in [-0.05, 0) is 26.2 Å². The van der Waals surface area contributed by atoms with Crippen molar-refractivity contribution in [2.24, 2.45) is 0 Å². The average Bonchev–Trinajstić information content (AvgIpc) is 2.87. The smallest absolute Gasteiger partial charge is 0.244 e. The molecule has 2 unspecified atom stereocenters. The minimum atomic E-state index is -0.372. The number of aliphatic hydroxyl groups excluding tert-OH is 1. The third-order valence-electron chi connectivity index (χ3n) is 3.26. The molecule has 0 spiro atoms. The number of nitrogens with zero attached hydrogens (tertiary/aromatic N) is 3. The molecular formula is C12H20N4O2. The van der Waals surface area contributed by atoms with Crippen LogP contribution in [0.25, 0.3) is 0 Å². The summed E-state index contributed by atoms with van der Waals surface area (Å²) < 4.78 is 1.55. The third kappa shape index (κ3) is 3.01. The number of hydrogen-bond donors (Lipinski definition) is 2. The predicted molar refractivity (Wildman–Crippen MR) is 67.7 cm³/mol. The zero-order chi connectivity index (χ0) is 13.1. The van der Waals surface area contributed by atoms with Crippen molar-refractivity contribution in [3.05, 3.63) is 12.4 Å². The van der Waals surface area contributed by atoms with Gasteiger partial charge in [0.2, 0.25) is 5.91 Å². The van der Waals surface area contributed by atoms with Gasteiger partial charge in [-0.1, -0.05) is 0 Å². The van der Waals surface area contributed by atoms with Crippen LogP contribution < -0.4 is 5.73 Å². The number of nitrogen functional groups attached to an aromatic ring is 1. The maximum atomic E-state index is 12.2. The van der Waals surface area contributed by atoms with E-state index in [4.69, 9.17) is 5.73 Å².